The molecule has 0 saturated carbocycles. The molecule has 2 amide bonds. The molecule has 5 rings (SSSR count). The highest BCUT2D eigenvalue weighted by Gasteiger charge is 2.44. The van der Waals surface area contributed by atoms with Crippen molar-refractivity contribution in [1.29, 1.82) is 0 Å². The number of aliphatic hydroxyl groups is 1. The zero-order valence-corrected chi connectivity index (χ0v) is 15.4. The lowest BCUT2D eigenvalue weighted by atomic mass is 10.1. The fourth-order valence-electron chi connectivity index (χ4n) is 3.70. The number of nitrogens with zero attached hydrogens (tertiary/aromatic N) is 4. The molecule has 0 aliphatic carbocycles. The number of nitrogens with one attached hydrogen (secondary N) is 1. The normalized spacial score (nSPS) is 23.5. The van der Waals surface area contributed by atoms with E-state index in [1.54, 1.807) is 24.3 Å². The van der Waals surface area contributed by atoms with Gasteiger partial charge in [0.2, 0.25) is 5.95 Å². The second kappa shape index (κ2) is 6.73. The quantitative estimate of drug-likeness (QED) is 0.482. The van der Waals surface area contributed by atoms with E-state index in [2.05, 4.69) is 15.0 Å². The SMILES string of the molecule is Nc1nc2c(ncn2[C@H]2C[C@H](ON3C(=O)c4ccccc4C3=O)[C@@H](CO)O2)c(=O)[nH]1. The van der Waals surface area contributed by atoms with Gasteiger partial charge < -0.3 is 15.6 Å². The molecule has 2 aromatic heterocycles. The number of fused-ring (bicyclic) bond motifs is 2. The van der Waals surface area contributed by atoms with Crippen molar-refractivity contribution in [1.82, 2.24) is 24.6 Å². The predicted molar refractivity (Wildman–Crippen MR) is 100.0 cm³/mol. The first kappa shape index (κ1) is 18.4. The highest BCUT2D eigenvalue weighted by molar-refractivity contribution is 6.20. The summed E-state index contributed by atoms with van der Waals surface area (Å²) in [6.45, 7) is -0.410. The Hall–Kier alpha value is -3.61. The molecule has 2 aliphatic rings. The molecule has 1 aromatic carbocycles. The van der Waals surface area contributed by atoms with E-state index in [4.69, 9.17) is 15.3 Å². The van der Waals surface area contributed by atoms with Gasteiger partial charge in [-0.3, -0.25) is 28.8 Å². The van der Waals surface area contributed by atoms with Crippen molar-refractivity contribution < 1.29 is 24.3 Å². The van der Waals surface area contributed by atoms with Crippen LogP contribution < -0.4 is 11.3 Å². The first-order chi connectivity index (χ1) is 14.5. The second-order valence-electron chi connectivity index (χ2n) is 6.92. The molecule has 1 saturated heterocycles. The number of carbonyl (C=O) groups is 2. The van der Waals surface area contributed by atoms with Crippen LogP contribution in [0.1, 0.15) is 33.4 Å². The molecule has 154 valence electrons. The van der Waals surface area contributed by atoms with Gasteiger partial charge in [0.15, 0.2) is 11.2 Å². The lowest BCUT2D eigenvalue weighted by Crippen LogP contribution is -2.39. The van der Waals surface area contributed by atoms with Crippen LogP contribution in [0.5, 0.6) is 0 Å². The number of ether oxygens (including phenoxy) is 1. The molecule has 3 aromatic rings. The number of imidazole rings is 1. The van der Waals surface area contributed by atoms with Crippen molar-refractivity contribution in [2.24, 2.45) is 0 Å². The molecular weight excluding hydrogens is 396 g/mol. The number of nitrogen functional groups attached to an aromatic ring is 1. The summed E-state index contributed by atoms with van der Waals surface area (Å²) in [5.41, 5.74) is 5.91. The molecule has 30 heavy (non-hydrogen) atoms. The van der Waals surface area contributed by atoms with Crippen molar-refractivity contribution in [3.05, 3.63) is 52.1 Å². The Bertz CT molecular complexity index is 1200. The highest BCUT2D eigenvalue weighted by atomic mass is 16.7. The number of imide groups is 1. The maximum Gasteiger partial charge on any atom is 0.285 e. The summed E-state index contributed by atoms with van der Waals surface area (Å²) in [6.07, 6.45) is -0.801. The fourth-order valence-corrected chi connectivity index (χ4v) is 3.70. The van der Waals surface area contributed by atoms with Crippen LogP contribution in [0.2, 0.25) is 0 Å². The van der Waals surface area contributed by atoms with E-state index in [9.17, 15) is 19.5 Å². The van der Waals surface area contributed by atoms with Gasteiger partial charge in [-0.05, 0) is 12.1 Å². The number of hydrogen-bond donors (Lipinski definition) is 3. The largest absolute Gasteiger partial charge is 0.394 e. The zero-order chi connectivity index (χ0) is 21.0. The van der Waals surface area contributed by atoms with Gasteiger partial charge in [-0.1, -0.05) is 12.1 Å². The van der Waals surface area contributed by atoms with Crippen LogP contribution in [-0.2, 0) is 9.57 Å². The minimum Gasteiger partial charge on any atom is -0.394 e. The average Bonchev–Trinajstić information content (AvgIpc) is 3.40. The molecule has 12 heteroatoms. The number of hydrogen-bond acceptors (Lipinski definition) is 9. The van der Waals surface area contributed by atoms with Crippen LogP contribution in [0.4, 0.5) is 5.95 Å². The minimum atomic E-state index is -0.823. The van der Waals surface area contributed by atoms with Gasteiger partial charge in [0.1, 0.15) is 18.4 Å². The first-order valence-corrected chi connectivity index (χ1v) is 9.11. The van der Waals surface area contributed by atoms with E-state index in [0.717, 1.165) is 0 Å². The van der Waals surface area contributed by atoms with E-state index in [-0.39, 0.29) is 34.7 Å². The standard InChI is InChI=1S/C18H16N6O6/c19-18-21-14-13(15(26)22-18)20-7-23(14)12-5-10(11(6-25)29-12)30-24-16(27)8-3-1-2-4-9(8)17(24)28/h1-4,7,10-12,25H,5-6H2,(H3,19,21,22,26)/t10-,11+,12+/m0/s1. The van der Waals surface area contributed by atoms with Gasteiger partial charge in [0, 0.05) is 6.42 Å². The Morgan fingerprint density at radius 2 is 1.93 bits per heavy atom. The van der Waals surface area contributed by atoms with Gasteiger partial charge in [-0.2, -0.15) is 4.98 Å². The summed E-state index contributed by atoms with van der Waals surface area (Å²) >= 11 is 0. The number of aromatic nitrogens is 4. The molecule has 12 nitrogen and oxygen atoms in total. The number of aromatic amines is 1. The van der Waals surface area contributed by atoms with Crippen LogP contribution in [-0.4, -0.2) is 60.3 Å². The van der Waals surface area contributed by atoms with E-state index in [1.165, 1.54) is 10.9 Å². The van der Waals surface area contributed by atoms with Crippen LogP contribution in [0.15, 0.2) is 35.4 Å². The summed E-state index contributed by atoms with van der Waals surface area (Å²) in [4.78, 5) is 53.2. The Morgan fingerprint density at radius 3 is 2.60 bits per heavy atom. The fraction of sp³-hybridized carbons (Fsp3) is 0.278. The number of carbonyl (C=O) groups excluding carboxylic acids is 2. The molecule has 3 atom stereocenters. The van der Waals surface area contributed by atoms with E-state index in [1.807, 2.05) is 0 Å². The van der Waals surface area contributed by atoms with Gasteiger partial charge >= 0.3 is 0 Å². The number of anilines is 1. The number of nitrogens with two attached hydrogens (primary N) is 1. The number of amides is 2. The van der Waals surface area contributed by atoms with Gasteiger partial charge in [0.25, 0.3) is 17.4 Å². The topological polar surface area (TPSA) is 166 Å². The van der Waals surface area contributed by atoms with Crippen LogP contribution in [0.25, 0.3) is 11.2 Å². The monoisotopic (exact) mass is 412 g/mol. The number of benzene rings is 1. The average molecular weight is 412 g/mol. The first-order valence-electron chi connectivity index (χ1n) is 9.11. The van der Waals surface area contributed by atoms with Crippen LogP contribution in [0.3, 0.4) is 0 Å². The van der Waals surface area contributed by atoms with Crippen molar-refractivity contribution in [3.8, 4) is 0 Å². The summed E-state index contributed by atoms with van der Waals surface area (Å²) in [6, 6.07) is 6.40. The molecule has 0 bridgehead atoms. The summed E-state index contributed by atoms with van der Waals surface area (Å²) < 4.78 is 7.31. The van der Waals surface area contributed by atoms with E-state index >= 15 is 0 Å². The lowest BCUT2D eigenvalue weighted by Gasteiger charge is -2.21. The number of H-pyrrole nitrogens is 1. The third-order valence-electron chi connectivity index (χ3n) is 5.12. The summed E-state index contributed by atoms with van der Waals surface area (Å²) in [5, 5.41) is 10.4. The van der Waals surface area contributed by atoms with E-state index < -0.39 is 42.4 Å². The molecule has 0 radical (unpaired) electrons. The van der Waals surface area contributed by atoms with Gasteiger partial charge in [-0.15, -0.1) is 5.06 Å². The smallest absolute Gasteiger partial charge is 0.285 e. The summed E-state index contributed by atoms with van der Waals surface area (Å²) in [5.74, 6) is -1.24. The van der Waals surface area contributed by atoms with Crippen molar-refractivity contribution in [2.45, 2.75) is 24.9 Å². The van der Waals surface area contributed by atoms with Crippen LogP contribution >= 0.6 is 0 Å². The Morgan fingerprint density at radius 1 is 1.23 bits per heavy atom. The Balaban J connectivity index is 1.42. The Labute approximate surface area is 167 Å². The van der Waals surface area contributed by atoms with Gasteiger partial charge in [0.05, 0.1) is 24.1 Å². The molecule has 0 unspecified atom stereocenters. The second-order valence-corrected chi connectivity index (χ2v) is 6.92. The van der Waals surface area contributed by atoms with Crippen LogP contribution in [0, 0.1) is 0 Å². The van der Waals surface area contributed by atoms with Gasteiger partial charge in [-0.25, -0.2) is 4.98 Å². The maximum atomic E-state index is 12.5. The number of aliphatic hydroxyl groups excluding tert-OH is 1. The third kappa shape index (κ3) is 2.69. The summed E-state index contributed by atoms with van der Waals surface area (Å²) in [7, 11) is 0. The van der Waals surface area contributed by atoms with E-state index in [0.29, 0.717) is 5.06 Å². The molecule has 1 fully saturated rings. The number of rotatable bonds is 4. The zero-order valence-electron chi connectivity index (χ0n) is 15.4. The predicted octanol–water partition coefficient (Wildman–Crippen LogP) is -0.422. The molecule has 0 spiro atoms. The maximum absolute atomic E-state index is 12.5. The molecule has 4 N–H and O–H groups in total. The minimum absolute atomic E-state index is 0.0789. The van der Waals surface area contributed by atoms with Crippen molar-refractivity contribution >= 4 is 28.9 Å². The molecule has 4 heterocycles. The molecular formula is C18H16N6O6. The van der Waals surface area contributed by atoms with Crippen molar-refractivity contribution in [2.75, 3.05) is 12.3 Å². The number of hydroxylamine groups is 2. The molecule has 2 aliphatic heterocycles. The third-order valence-corrected chi connectivity index (χ3v) is 5.12. The highest BCUT2D eigenvalue weighted by Crippen LogP contribution is 2.34. The van der Waals surface area contributed by atoms with Crippen molar-refractivity contribution in [3.63, 3.8) is 0 Å². The lowest BCUT2D eigenvalue weighted by molar-refractivity contribution is -0.155. The Kier molecular flexibility index (Phi) is 4.13.